The van der Waals surface area contributed by atoms with E-state index < -0.39 is 45.4 Å². The number of halogens is 1. The first-order valence-electron chi connectivity index (χ1n) is 19.0. The van der Waals surface area contributed by atoms with Gasteiger partial charge in [0.1, 0.15) is 11.9 Å². The van der Waals surface area contributed by atoms with E-state index in [1.165, 1.54) is 27.8 Å². The summed E-state index contributed by atoms with van der Waals surface area (Å²) in [5.74, 6) is -1.40. The number of rotatable bonds is 21. The van der Waals surface area contributed by atoms with E-state index in [9.17, 15) is 27.5 Å². The molecule has 1 aromatic heterocycles. The first kappa shape index (κ1) is 44.7. The van der Waals surface area contributed by atoms with Gasteiger partial charge in [0.2, 0.25) is 21.8 Å². The van der Waals surface area contributed by atoms with E-state index in [1.54, 1.807) is 30.3 Å². The number of carbonyl (C=O) groups is 2. The van der Waals surface area contributed by atoms with E-state index >= 15 is 0 Å². The highest BCUT2D eigenvalue weighted by atomic mass is 32.2. The molecule has 306 valence electrons. The number of hydrogen-bond donors (Lipinski definition) is 5. The number of hydrogen-bond acceptors (Lipinski definition) is 10. The lowest BCUT2D eigenvalue weighted by atomic mass is 9.85. The number of thiazole rings is 1. The van der Waals surface area contributed by atoms with E-state index in [1.807, 2.05) is 79.0 Å². The third kappa shape index (κ3) is 13.6. The second kappa shape index (κ2) is 20.4. The van der Waals surface area contributed by atoms with Gasteiger partial charge in [0, 0.05) is 26.2 Å². The fourth-order valence-electron chi connectivity index (χ4n) is 6.17. The Morgan fingerprint density at radius 3 is 2.32 bits per heavy atom. The number of benzene rings is 3. The van der Waals surface area contributed by atoms with Crippen molar-refractivity contribution in [3.05, 3.63) is 89.7 Å². The molecule has 0 radical (unpaired) electrons. The highest BCUT2D eigenvalue weighted by Crippen LogP contribution is 2.30. The zero-order valence-corrected chi connectivity index (χ0v) is 35.1. The van der Waals surface area contributed by atoms with Gasteiger partial charge in [-0.3, -0.25) is 9.59 Å². The molecular formula is C41H58FN7O5S2. The van der Waals surface area contributed by atoms with Crippen LogP contribution in [0, 0.1) is 17.2 Å². The summed E-state index contributed by atoms with van der Waals surface area (Å²) in [6.07, 6.45) is -0.175. The summed E-state index contributed by atoms with van der Waals surface area (Å²) >= 11 is 1.39. The topological polar surface area (TPSA) is 156 Å². The van der Waals surface area contributed by atoms with Crippen LogP contribution < -0.4 is 21.3 Å². The Kier molecular flexibility index (Phi) is 16.3. The molecule has 0 aliphatic carbocycles. The molecule has 0 saturated heterocycles. The molecule has 0 spiro atoms. The van der Waals surface area contributed by atoms with E-state index in [0.29, 0.717) is 16.2 Å². The van der Waals surface area contributed by atoms with Crippen molar-refractivity contribution in [1.29, 1.82) is 0 Å². The summed E-state index contributed by atoms with van der Waals surface area (Å²) < 4.78 is 44.2. The molecule has 0 saturated carbocycles. The molecule has 56 heavy (non-hydrogen) atoms. The second-order valence-corrected chi connectivity index (χ2v) is 18.9. The van der Waals surface area contributed by atoms with Crippen LogP contribution in [0.2, 0.25) is 0 Å². The van der Waals surface area contributed by atoms with Crippen molar-refractivity contribution in [2.45, 2.75) is 77.1 Å². The summed E-state index contributed by atoms with van der Waals surface area (Å²) in [5.41, 5.74) is 1.46. The number of anilines is 1. The van der Waals surface area contributed by atoms with Crippen molar-refractivity contribution in [2.75, 3.05) is 52.1 Å². The van der Waals surface area contributed by atoms with Gasteiger partial charge in [-0.1, -0.05) is 88.4 Å². The van der Waals surface area contributed by atoms with Crippen LogP contribution in [0.5, 0.6) is 0 Å². The molecule has 0 fully saturated rings. The van der Waals surface area contributed by atoms with Crippen LogP contribution in [0.3, 0.4) is 0 Å². The molecule has 3 aromatic carbocycles. The summed E-state index contributed by atoms with van der Waals surface area (Å²) in [6.45, 7) is 10.9. The first-order chi connectivity index (χ1) is 26.4. The van der Waals surface area contributed by atoms with E-state index in [2.05, 4.69) is 31.2 Å². The molecule has 4 rings (SSSR count). The van der Waals surface area contributed by atoms with Crippen molar-refractivity contribution < 1.29 is 27.5 Å². The fourth-order valence-corrected chi connectivity index (χ4v) is 8.82. The minimum Gasteiger partial charge on any atom is -0.390 e. The molecule has 0 aliphatic heterocycles. The minimum atomic E-state index is -4.10. The molecule has 4 aromatic rings. The largest absolute Gasteiger partial charge is 0.390 e. The van der Waals surface area contributed by atoms with Crippen LogP contribution in [-0.2, 0) is 32.6 Å². The van der Waals surface area contributed by atoms with Crippen LogP contribution in [0.15, 0.2) is 77.7 Å². The second-order valence-electron chi connectivity index (χ2n) is 15.9. The van der Waals surface area contributed by atoms with E-state index in [4.69, 9.17) is 0 Å². The standard InChI is InChI=1S/C41H58FN7O5S2/c1-28(2)26-49(56(53,54)32-17-18-33-36(23-32)55-40(46-33)44-19-12-20-48(6)7)27-35(50)34(22-29-13-9-8-10-14-29)45-39(52)38(41(3,4)5)47-37(51)25-43-24-30-15-11-16-31(42)21-30/h8-11,13-18,21,23,28,34-35,38,43,50H,12,19-20,22,24-27H2,1-7H3,(H,44,46)(H,45,52)(H,47,51)/t34-,35+,38?/m0/s1. The van der Waals surface area contributed by atoms with Crippen molar-refractivity contribution in [2.24, 2.45) is 11.3 Å². The highest BCUT2D eigenvalue weighted by molar-refractivity contribution is 7.89. The number of amides is 2. The van der Waals surface area contributed by atoms with Crippen molar-refractivity contribution in [1.82, 2.24) is 30.1 Å². The number of aliphatic hydroxyl groups is 1. The third-order valence-electron chi connectivity index (χ3n) is 9.04. The lowest BCUT2D eigenvalue weighted by Gasteiger charge is -2.34. The molecule has 1 heterocycles. The van der Waals surface area contributed by atoms with Gasteiger partial charge in [-0.2, -0.15) is 4.31 Å². The molecule has 0 bridgehead atoms. The Hall–Kier alpha value is -3.99. The number of carbonyl (C=O) groups excluding carboxylic acids is 2. The maximum Gasteiger partial charge on any atom is 0.243 e. The zero-order valence-electron chi connectivity index (χ0n) is 33.5. The number of nitrogens with zero attached hydrogens (tertiary/aromatic N) is 3. The molecule has 2 amide bonds. The quantitative estimate of drug-likeness (QED) is 0.0743. The Morgan fingerprint density at radius 1 is 0.946 bits per heavy atom. The maximum atomic E-state index is 14.3. The number of sulfonamides is 1. The van der Waals surface area contributed by atoms with Crippen LogP contribution >= 0.6 is 11.3 Å². The summed E-state index contributed by atoms with van der Waals surface area (Å²) in [6, 6.07) is 18.3. The first-order valence-corrected chi connectivity index (χ1v) is 21.2. The average Bonchev–Trinajstić information content (AvgIpc) is 3.54. The van der Waals surface area contributed by atoms with Crippen LogP contribution in [0.4, 0.5) is 9.52 Å². The number of aliphatic hydroxyl groups excluding tert-OH is 1. The summed E-state index contributed by atoms with van der Waals surface area (Å²) in [4.78, 5) is 33.9. The minimum absolute atomic E-state index is 0.0701. The predicted octanol–water partition coefficient (Wildman–Crippen LogP) is 4.85. The van der Waals surface area contributed by atoms with E-state index in [-0.39, 0.29) is 49.2 Å². The maximum absolute atomic E-state index is 14.3. The van der Waals surface area contributed by atoms with Crippen LogP contribution in [-0.4, -0.2) is 105 Å². The molecule has 5 N–H and O–H groups in total. The third-order valence-corrected chi connectivity index (χ3v) is 11.8. The van der Waals surface area contributed by atoms with Gasteiger partial charge >= 0.3 is 0 Å². The molecule has 3 atom stereocenters. The molecule has 1 unspecified atom stereocenters. The normalized spacial score (nSPS) is 13.9. The van der Waals surface area contributed by atoms with Gasteiger partial charge in [-0.15, -0.1) is 0 Å². The number of fused-ring (bicyclic) bond motifs is 1. The molecule has 0 aliphatic rings. The zero-order chi connectivity index (χ0) is 41.0. The Balaban J connectivity index is 1.52. The Labute approximate surface area is 335 Å². The smallest absolute Gasteiger partial charge is 0.243 e. The predicted molar refractivity (Wildman–Crippen MR) is 222 cm³/mol. The highest BCUT2D eigenvalue weighted by Gasteiger charge is 2.36. The van der Waals surface area contributed by atoms with Crippen molar-refractivity contribution in [3.63, 3.8) is 0 Å². The van der Waals surface area contributed by atoms with Gasteiger partial charge in [0.25, 0.3) is 0 Å². The monoisotopic (exact) mass is 811 g/mol. The summed E-state index contributed by atoms with van der Waals surface area (Å²) in [7, 11) is -0.0579. The average molecular weight is 812 g/mol. The SMILES string of the molecule is CC(C)CN(C[C@@H](O)[C@H](Cc1ccccc1)NC(=O)C(NC(=O)CNCc1cccc(F)c1)C(C)(C)C)S(=O)(=O)c1ccc2nc(NCCCN(C)C)sc2c1. The molecular weight excluding hydrogens is 754 g/mol. The number of aromatic nitrogens is 1. The van der Waals surface area contributed by atoms with Crippen molar-refractivity contribution >= 4 is 48.5 Å². The Bertz CT molecular complexity index is 1990. The van der Waals surface area contributed by atoms with Crippen molar-refractivity contribution in [3.8, 4) is 0 Å². The van der Waals surface area contributed by atoms with Gasteiger partial charge < -0.3 is 31.3 Å². The molecule has 12 nitrogen and oxygen atoms in total. The summed E-state index contributed by atoms with van der Waals surface area (Å²) in [5, 5.41) is 24.7. The van der Waals surface area contributed by atoms with Gasteiger partial charge in [0.15, 0.2) is 5.13 Å². The van der Waals surface area contributed by atoms with E-state index in [0.717, 1.165) is 29.8 Å². The van der Waals surface area contributed by atoms with Gasteiger partial charge in [0.05, 0.1) is 33.8 Å². The number of nitrogens with one attached hydrogen (secondary N) is 4. The lowest BCUT2D eigenvalue weighted by molar-refractivity contribution is -0.132. The van der Waals surface area contributed by atoms with Gasteiger partial charge in [-0.25, -0.2) is 17.8 Å². The lowest BCUT2D eigenvalue weighted by Crippen LogP contribution is -2.59. The molecule has 15 heteroatoms. The van der Waals surface area contributed by atoms with Crippen LogP contribution in [0.1, 0.15) is 52.2 Å². The Morgan fingerprint density at radius 2 is 1.66 bits per heavy atom. The van der Waals surface area contributed by atoms with Gasteiger partial charge in [-0.05, 0) is 86.3 Å². The van der Waals surface area contributed by atoms with Crippen LogP contribution in [0.25, 0.3) is 10.2 Å². The fraction of sp³-hybridized carbons (Fsp3) is 0.488.